The number of hydrogen-bond donors (Lipinski definition) is 0. The van der Waals surface area contributed by atoms with E-state index in [9.17, 15) is 0 Å². The summed E-state index contributed by atoms with van der Waals surface area (Å²) in [5, 5.41) is 2.46. The van der Waals surface area contributed by atoms with Crippen molar-refractivity contribution in [1.82, 2.24) is 4.15 Å². The molecule has 0 aromatic heterocycles. The summed E-state index contributed by atoms with van der Waals surface area (Å²) in [6, 6.07) is 14.3. The van der Waals surface area contributed by atoms with E-state index in [1.165, 1.54) is 10.9 Å². The van der Waals surface area contributed by atoms with E-state index in [1.54, 1.807) is 6.07 Å². The highest BCUT2D eigenvalue weighted by Gasteiger charge is 2.53. The van der Waals surface area contributed by atoms with Gasteiger partial charge in [0.15, 0.2) is 0 Å². The van der Waals surface area contributed by atoms with Crippen LogP contribution in [0.4, 0.5) is 5.69 Å². The van der Waals surface area contributed by atoms with Crippen LogP contribution in [0.5, 0.6) is 5.75 Å². The van der Waals surface area contributed by atoms with Crippen LogP contribution in [0.2, 0.25) is 23.1 Å². The summed E-state index contributed by atoms with van der Waals surface area (Å²) in [5.74, 6) is 0.810. The summed E-state index contributed by atoms with van der Waals surface area (Å²) in [7, 11) is 0.311. The van der Waals surface area contributed by atoms with Crippen molar-refractivity contribution in [3.8, 4) is 5.75 Å². The van der Waals surface area contributed by atoms with Crippen LogP contribution in [0.25, 0.3) is 0 Å². The number of para-hydroxylation sites is 1. The Labute approximate surface area is 136 Å². The van der Waals surface area contributed by atoms with Crippen molar-refractivity contribution in [3.63, 3.8) is 0 Å². The van der Waals surface area contributed by atoms with Gasteiger partial charge in [-0.1, -0.05) is 41.4 Å². The Morgan fingerprint density at radius 3 is 2.43 bits per heavy atom. The Morgan fingerprint density at radius 1 is 1.10 bits per heavy atom. The van der Waals surface area contributed by atoms with Crippen molar-refractivity contribution >= 4 is 42.3 Å². The van der Waals surface area contributed by atoms with Crippen LogP contribution in [0, 0.1) is 0 Å². The molecule has 0 radical (unpaired) electrons. The van der Waals surface area contributed by atoms with Crippen LogP contribution >= 0.6 is 23.2 Å². The molecule has 0 fully saturated rings. The van der Waals surface area contributed by atoms with Crippen LogP contribution in [0.3, 0.4) is 0 Å². The molecule has 0 N–H and O–H groups in total. The summed E-state index contributed by atoms with van der Waals surface area (Å²) < 4.78 is 6.81. The zero-order chi connectivity index (χ0) is 15.3. The molecule has 3 rings (SSSR count). The molecule has 2 aromatic carbocycles. The third-order valence-electron chi connectivity index (χ3n) is 4.69. The first-order chi connectivity index (χ1) is 9.86. The Bertz CT molecular complexity index is 690. The van der Waals surface area contributed by atoms with Gasteiger partial charge >= 0.3 is 8.24 Å². The van der Waals surface area contributed by atoms with E-state index in [0.717, 1.165) is 9.90 Å². The SMILES string of the molecule is C[N+]1(c2ccccc2)COc2c(Cl)cc(Cl)cc2[Si]1(C)C. The van der Waals surface area contributed by atoms with Crippen molar-refractivity contribution in [2.24, 2.45) is 0 Å². The predicted octanol–water partition coefficient (Wildman–Crippen LogP) is 4.39. The first-order valence-corrected chi connectivity index (χ1v) is 10.6. The molecule has 1 aliphatic rings. The molecule has 1 heterocycles. The van der Waals surface area contributed by atoms with Crippen molar-refractivity contribution < 1.29 is 4.74 Å². The predicted molar refractivity (Wildman–Crippen MR) is 93.2 cm³/mol. The van der Waals surface area contributed by atoms with Gasteiger partial charge in [-0.15, -0.1) is 0 Å². The van der Waals surface area contributed by atoms with Crippen LogP contribution in [0.1, 0.15) is 0 Å². The van der Waals surface area contributed by atoms with Crippen molar-refractivity contribution in [2.45, 2.75) is 13.1 Å². The summed E-state index contributed by atoms with van der Waals surface area (Å²) in [6.45, 7) is 5.28. The normalized spacial score (nSPS) is 23.3. The molecule has 21 heavy (non-hydrogen) atoms. The number of nitrogens with zero attached hydrogens (tertiary/aromatic N) is 1. The first-order valence-electron chi connectivity index (χ1n) is 6.90. The van der Waals surface area contributed by atoms with Gasteiger partial charge in [0.05, 0.1) is 12.1 Å². The molecule has 0 saturated carbocycles. The highest BCUT2D eigenvalue weighted by atomic mass is 35.5. The average molecular weight is 339 g/mol. The maximum atomic E-state index is 6.32. The van der Waals surface area contributed by atoms with Crippen LogP contribution in [-0.4, -0.2) is 22.0 Å². The molecule has 0 aliphatic carbocycles. The van der Waals surface area contributed by atoms with Gasteiger partial charge in [-0.05, 0) is 37.4 Å². The van der Waals surface area contributed by atoms with Crippen molar-refractivity contribution in [3.05, 3.63) is 52.5 Å². The molecule has 2 nitrogen and oxygen atoms in total. The second-order valence-electron chi connectivity index (χ2n) is 6.12. The van der Waals surface area contributed by atoms with E-state index in [2.05, 4.69) is 44.4 Å². The molecular formula is C16H18Cl2NOSi+. The Kier molecular flexibility index (Phi) is 3.57. The number of quaternary nitrogens is 1. The number of rotatable bonds is 1. The molecular weight excluding hydrogens is 321 g/mol. The number of halogens is 2. The van der Waals surface area contributed by atoms with Gasteiger partial charge in [0.25, 0.3) is 0 Å². The second-order valence-corrected chi connectivity index (χ2v) is 11.6. The van der Waals surface area contributed by atoms with E-state index in [4.69, 9.17) is 27.9 Å². The lowest BCUT2D eigenvalue weighted by Crippen LogP contribution is -2.74. The number of ether oxygens (including phenoxy) is 1. The average Bonchev–Trinajstić information content (AvgIpc) is 2.45. The van der Waals surface area contributed by atoms with E-state index in [1.807, 2.05) is 12.1 Å². The van der Waals surface area contributed by atoms with E-state index >= 15 is 0 Å². The lowest BCUT2D eigenvalue weighted by molar-refractivity contribution is 0.210. The Balaban J connectivity index is 2.21. The first kappa shape index (κ1) is 14.9. The summed E-state index contributed by atoms with van der Waals surface area (Å²) in [5.41, 5.74) is 1.26. The highest BCUT2D eigenvalue weighted by Crippen LogP contribution is 2.38. The minimum absolute atomic E-state index is 0.595. The number of hydrogen-bond acceptors (Lipinski definition) is 1. The summed E-state index contributed by atoms with van der Waals surface area (Å²) >= 11 is 12.5. The minimum atomic E-state index is -1.92. The standard InChI is InChI=1S/C16H18Cl2NOSi/c1-19(13-7-5-4-6-8-13)11-20-16-14(18)9-12(17)10-15(16)21(19,2)3/h4-10H,11H2,1-3H3/q+1. The Morgan fingerprint density at radius 2 is 1.76 bits per heavy atom. The molecule has 0 spiro atoms. The molecule has 5 heteroatoms. The molecule has 1 atom stereocenters. The lowest BCUT2D eigenvalue weighted by atomic mass is 10.3. The molecule has 1 aliphatic heterocycles. The number of benzene rings is 2. The Hall–Kier alpha value is -1.00. The fourth-order valence-corrected chi connectivity index (χ4v) is 6.64. The maximum absolute atomic E-state index is 6.32. The van der Waals surface area contributed by atoms with Gasteiger partial charge in [0.2, 0.25) is 6.73 Å². The second kappa shape index (κ2) is 5.02. The zero-order valence-electron chi connectivity index (χ0n) is 12.4. The molecule has 0 amide bonds. The quantitative estimate of drug-likeness (QED) is 0.700. The lowest BCUT2D eigenvalue weighted by Gasteiger charge is -2.48. The van der Waals surface area contributed by atoms with Gasteiger partial charge in [0.1, 0.15) is 11.4 Å². The van der Waals surface area contributed by atoms with Crippen LogP contribution in [-0.2, 0) is 0 Å². The molecule has 0 saturated heterocycles. The van der Waals surface area contributed by atoms with Gasteiger partial charge in [-0.2, -0.15) is 0 Å². The highest BCUT2D eigenvalue weighted by molar-refractivity contribution is 6.91. The minimum Gasteiger partial charge on any atom is -0.445 e. The third-order valence-corrected chi connectivity index (χ3v) is 9.74. The van der Waals surface area contributed by atoms with Gasteiger partial charge in [-0.3, -0.25) is 0 Å². The van der Waals surface area contributed by atoms with E-state index in [-0.39, 0.29) is 0 Å². The van der Waals surface area contributed by atoms with Gasteiger partial charge in [0, 0.05) is 10.2 Å². The topological polar surface area (TPSA) is 9.23 Å². The fraction of sp³-hybridized carbons (Fsp3) is 0.250. The van der Waals surface area contributed by atoms with Gasteiger partial charge in [-0.25, -0.2) is 0 Å². The van der Waals surface area contributed by atoms with Crippen LogP contribution in [0.15, 0.2) is 42.5 Å². The molecule has 1 unspecified atom stereocenters. The van der Waals surface area contributed by atoms with Crippen LogP contribution < -0.4 is 14.1 Å². The monoisotopic (exact) mass is 338 g/mol. The van der Waals surface area contributed by atoms with E-state index < -0.39 is 8.24 Å². The van der Waals surface area contributed by atoms with E-state index in [0.29, 0.717) is 16.8 Å². The fourth-order valence-electron chi connectivity index (χ4n) is 2.94. The third kappa shape index (κ3) is 2.20. The summed E-state index contributed by atoms with van der Waals surface area (Å²) in [6.07, 6.45) is 0. The molecule has 110 valence electrons. The maximum Gasteiger partial charge on any atom is 0.323 e. The number of fused-ring (bicyclic) bond motifs is 1. The summed E-state index contributed by atoms with van der Waals surface area (Å²) in [4.78, 5) is 0. The van der Waals surface area contributed by atoms with Gasteiger partial charge < -0.3 is 8.89 Å². The molecule has 0 bridgehead atoms. The zero-order valence-corrected chi connectivity index (χ0v) is 14.9. The van der Waals surface area contributed by atoms with Crippen molar-refractivity contribution in [1.29, 1.82) is 0 Å². The van der Waals surface area contributed by atoms with Crippen molar-refractivity contribution in [2.75, 3.05) is 13.8 Å². The smallest absolute Gasteiger partial charge is 0.323 e. The molecule has 2 aromatic rings. The largest absolute Gasteiger partial charge is 0.445 e.